The zero-order chi connectivity index (χ0) is 27.8. The van der Waals surface area contributed by atoms with Crippen molar-refractivity contribution < 1.29 is 33.0 Å². The molecule has 13 heteroatoms. The Hall–Kier alpha value is -3.28. The molecule has 0 radical (unpaired) electrons. The van der Waals surface area contributed by atoms with Crippen molar-refractivity contribution in [1.29, 1.82) is 0 Å². The fraction of sp³-hybridized carbons (Fsp3) is 0.577. The zero-order valence-electron chi connectivity index (χ0n) is 21.5. The predicted molar refractivity (Wildman–Crippen MR) is 134 cm³/mol. The van der Waals surface area contributed by atoms with Crippen molar-refractivity contribution in [3.05, 3.63) is 39.7 Å². The number of aromatic nitrogens is 3. The van der Waals surface area contributed by atoms with E-state index < -0.39 is 30.3 Å². The van der Waals surface area contributed by atoms with Gasteiger partial charge in [0.05, 0.1) is 17.9 Å². The summed E-state index contributed by atoms with van der Waals surface area (Å²) in [5, 5.41) is 17.7. The fourth-order valence-electron chi connectivity index (χ4n) is 6.15. The van der Waals surface area contributed by atoms with Gasteiger partial charge in [0.2, 0.25) is 11.8 Å². The van der Waals surface area contributed by atoms with Gasteiger partial charge in [0, 0.05) is 43.7 Å². The average molecular weight is 566 g/mol. The molecule has 1 saturated heterocycles. The highest BCUT2D eigenvalue weighted by Gasteiger charge is 2.44. The van der Waals surface area contributed by atoms with E-state index in [1.165, 1.54) is 7.05 Å². The molecule has 10 nitrogen and oxygen atoms in total. The van der Waals surface area contributed by atoms with Gasteiger partial charge in [-0.2, -0.15) is 0 Å². The number of nitrogens with zero attached hydrogens (tertiary/aromatic N) is 5. The van der Waals surface area contributed by atoms with E-state index in [-0.39, 0.29) is 36.4 Å². The molecule has 1 aromatic heterocycles. The molecule has 3 aliphatic rings. The number of hydrogen-bond donors (Lipinski definition) is 1. The fourth-order valence-corrected chi connectivity index (χ4v) is 6.41. The maximum atomic E-state index is 13.9. The van der Waals surface area contributed by atoms with Gasteiger partial charge in [0.1, 0.15) is 23.7 Å². The number of likely N-dealkylation sites (tertiary alicyclic amines) is 1. The minimum atomic E-state index is -2.79. The standard InChI is InChI=1S/C26H30ClF2N5O5/c1-32-23(24(28)29)18(30-31-32)13-39-20-8-7-17(27)16-9-11-34(25(36)14-4-2-5-15(14)26(37)38)19(22(16)20)12-33-10-3-6-21(33)35/h7-8,14-15,19,24H,2-6,9-13H2,1H3,(H,37,38)/t14-,15+,19+/m0/s1. The van der Waals surface area contributed by atoms with E-state index in [2.05, 4.69) is 10.3 Å². The van der Waals surface area contributed by atoms with Crippen LogP contribution < -0.4 is 4.74 Å². The second-order valence-corrected chi connectivity index (χ2v) is 10.7. The van der Waals surface area contributed by atoms with Gasteiger partial charge in [-0.3, -0.25) is 14.4 Å². The van der Waals surface area contributed by atoms with Crippen LogP contribution in [0.15, 0.2) is 12.1 Å². The summed E-state index contributed by atoms with van der Waals surface area (Å²) in [6.07, 6.45) is 0.305. The molecule has 0 spiro atoms. The van der Waals surface area contributed by atoms with Crippen LogP contribution in [-0.4, -0.2) is 67.3 Å². The van der Waals surface area contributed by atoms with Crippen molar-refractivity contribution in [2.45, 2.75) is 57.6 Å². The van der Waals surface area contributed by atoms with Gasteiger partial charge >= 0.3 is 5.97 Å². The summed E-state index contributed by atoms with van der Waals surface area (Å²) in [7, 11) is 1.38. The summed E-state index contributed by atoms with van der Waals surface area (Å²) in [5.74, 6) is -2.34. The van der Waals surface area contributed by atoms with Crippen LogP contribution in [0.4, 0.5) is 8.78 Å². The molecule has 39 heavy (non-hydrogen) atoms. The van der Waals surface area contributed by atoms with E-state index in [1.54, 1.807) is 21.9 Å². The number of carboxylic acids is 1. The first-order chi connectivity index (χ1) is 18.7. The first kappa shape index (κ1) is 27.3. The lowest BCUT2D eigenvalue weighted by molar-refractivity contribution is -0.150. The maximum Gasteiger partial charge on any atom is 0.307 e. The van der Waals surface area contributed by atoms with Crippen molar-refractivity contribution in [3.8, 4) is 5.75 Å². The third-order valence-electron chi connectivity index (χ3n) is 8.09. The number of alkyl halides is 2. The first-order valence-electron chi connectivity index (χ1n) is 13.1. The monoisotopic (exact) mass is 565 g/mol. The van der Waals surface area contributed by atoms with Gasteiger partial charge in [-0.05, 0) is 43.4 Å². The molecule has 2 amide bonds. The number of carboxylic acid groups (broad SMARTS) is 1. The normalized spacial score (nSPS) is 23.0. The Labute approximate surface area is 228 Å². The van der Waals surface area contributed by atoms with E-state index in [0.717, 1.165) is 10.2 Å². The molecule has 5 rings (SSSR count). The Morgan fingerprint density at radius 1 is 1.18 bits per heavy atom. The number of hydrogen-bond acceptors (Lipinski definition) is 6. The van der Waals surface area contributed by atoms with Gasteiger partial charge in [-0.25, -0.2) is 13.5 Å². The third kappa shape index (κ3) is 5.18. The Bertz CT molecular complexity index is 1290. The summed E-state index contributed by atoms with van der Waals surface area (Å²) in [4.78, 5) is 41.7. The number of carbonyl (C=O) groups excluding carboxylic acids is 2. The predicted octanol–water partition coefficient (Wildman–Crippen LogP) is 3.53. The largest absolute Gasteiger partial charge is 0.487 e. The molecule has 210 valence electrons. The van der Waals surface area contributed by atoms with Crippen LogP contribution in [0.25, 0.3) is 0 Å². The molecule has 2 fully saturated rings. The highest BCUT2D eigenvalue weighted by molar-refractivity contribution is 6.31. The summed E-state index contributed by atoms with van der Waals surface area (Å²) in [6.45, 7) is 0.771. The van der Waals surface area contributed by atoms with Crippen molar-refractivity contribution in [2.24, 2.45) is 18.9 Å². The summed E-state index contributed by atoms with van der Waals surface area (Å²) < 4.78 is 34.2. The maximum absolute atomic E-state index is 13.9. The SMILES string of the molecule is Cn1nnc(COc2ccc(Cl)c3c2[C@@H](CN2CCCC2=O)N(C(=O)[C@H]2CCC[C@H]2C(=O)O)CC3)c1C(F)F. The highest BCUT2D eigenvalue weighted by atomic mass is 35.5. The average Bonchev–Trinajstić information content (AvgIpc) is 3.64. The van der Waals surface area contributed by atoms with E-state index in [9.17, 15) is 28.3 Å². The summed E-state index contributed by atoms with van der Waals surface area (Å²) in [5.41, 5.74) is 0.995. The molecule has 3 heterocycles. The van der Waals surface area contributed by atoms with Crippen LogP contribution in [0.2, 0.25) is 5.02 Å². The van der Waals surface area contributed by atoms with Crippen LogP contribution >= 0.6 is 11.6 Å². The van der Waals surface area contributed by atoms with Crippen LogP contribution in [0.3, 0.4) is 0 Å². The number of amides is 2. The van der Waals surface area contributed by atoms with Gasteiger partial charge < -0.3 is 19.6 Å². The second-order valence-electron chi connectivity index (χ2n) is 10.3. The minimum absolute atomic E-state index is 0.0125. The van der Waals surface area contributed by atoms with E-state index >= 15 is 0 Å². The lowest BCUT2D eigenvalue weighted by Gasteiger charge is -2.41. The first-order valence-corrected chi connectivity index (χ1v) is 13.5. The number of carbonyl (C=O) groups is 3. The molecule has 1 saturated carbocycles. The Morgan fingerprint density at radius 2 is 1.95 bits per heavy atom. The van der Waals surface area contributed by atoms with E-state index in [0.29, 0.717) is 68.0 Å². The topological polar surface area (TPSA) is 118 Å². The Kier molecular flexibility index (Phi) is 7.75. The van der Waals surface area contributed by atoms with Crippen LogP contribution in [0, 0.1) is 11.8 Å². The molecular formula is C26H30ClF2N5O5. The number of ether oxygens (including phenoxy) is 1. The summed E-state index contributed by atoms with van der Waals surface area (Å²) in [6, 6.07) is 2.65. The van der Waals surface area contributed by atoms with Crippen molar-refractivity contribution >= 4 is 29.4 Å². The molecule has 3 atom stereocenters. The molecule has 2 aliphatic heterocycles. The second kappa shape index (κ2) is 11.1. The molecule has 1 N–H and O–H groups in total. The summed E-state index contributed by atoms with van der Waals surface area (Å²) >= 11 is 6.59. The third-order valence-corrected chi connectivity index (χ3v) is 8.44. The van der Waals surface area contributed by atoms with E-state index in [1.807, 2.05) is 0 Å². The van der Waals surface area contributed by atoms with Crippen molar-refractivity contribution in [2.75, 3.05) is 19.6 Å². The molecular weight excluding hydrogens is 536 g/mol. The number of aliphatic carboxylic acids is 1. The minimum Gasteiger partial charge on any atom is -0.487 e. The van der Waals surface area contributed by atoms with Gasteiger partial charge in [-0.15, -0.1) is 5.10 Å². The van der Waals surface area contributed by atoms with Crippen LogP contribution in [0.5, 0.6) is 5.75 Å². The van der Waals surface area contributed by atoms with Gasteiger partial charge in [0.25, 0.3) is 6.43 Å². The van der Waals surface area contributed by atoms with Crippen LogP contribution in [-0.2, 0) is 34.5 Å². The smallest absolute Gasteiger partial charge is 0.307 e. The van der Waals surface area contributed by atoms with Gasteiger partial charge in [-0.1, -0.05) is 23.2 Å². The molecule has 2 aromatic rings. The number of fused-ring (bicyclic) bond motifs is 1. The van der Waals surface area contributed by atoms with Crippen molar-refractivity contribution in [3.63, 3.8) is 0 Å². The zero-order valence-corrected chi connectivity index (χ0v) is 22.2. The van der Waals surface area contributed by atoms with E-state index in [4.69, 9.17) is 16.3 Å². The number of benzene rings is 1. The number of rotatable bonds is 8. The van der Waals surface area contributed by atoms with Crippen molar-refractivity contribution in [1.82, 2.24) is 24.8 Å². The molecule has 1 aliphatic carbocycles. The molecule has 0 unspecified atom stereocenters. The Balaban J connectivity index is 1.51. The van der Waals surface area contributed by atoms with Gasteiger partial charge in [0.15, 0.2) is 0 Å². The molecule has 1 aromatic carbocycles. The Morgan fingerprint density at radius 3 is 2.64 bits per heavy atom. The molecule has 0 bridgehead atoms. The number of aryl methyl sites for hydroxylation is 1. The van der Waals surface area contributed by atoms with Crippen LogP contribution in [0.1, 0.15) is 67.1 Å². The highest BCUT2D eigenvalue weighted by Crippen LogP contribution is 2.43. The quantitative estimate of drug-likeness (QED) is 0.520. The lowest BCUT2D eigenvalue weighted by Crippen LogP contribution is -2.48. The number of halogens is 3. The lowest BCUT2D eigenvalue weighted by atomic mass is 9.88.